The predicted molar refractivity (Wildman–Crippen MR) is 108 cm³/mol. The Labute approximate surface area is 161 Å². The number of rotatable bonds is 2. The Morgan fingerprint density at radius 1 is 0.786 bits per heavy atom. The van der Waals surface area contributed by atoms with Crippen LogP contribution in [0.15, 0.2) is 79.1 Å². The lowest BCUT2D eigenvalue weighted by molar-refractivity contribution is -0.114. The summed E-state index contributed by atoms with van der Waals surface area (Å²) < 4.78 is 2.02. The minimum absolute atomic E-state index is 0.361. The molecule has 0 bridgehead atoms. The van der Waals surface area contributed by atoms with Crippen LogP contribution in [0.25, 0.3) is 28.4 Å². The highest BCUT2D eigenvalue weighted by Crippen LogP contribution is 2.26. The molecular formula is C23H15N3O2. The molecule has 0 unspecified atom stereocenters. The number of imide groups is 1. The monoisotopic (exact) mass is 365 g/mol. The van der Waals surface area contributed by atoms with E-state index in [1.807, 2.05) is 59.2 Å². The molecule has 1 aromatic heterocycles. The summed E-state index contributed by atoms with van der Waals surface area (Å²) in [5.41, 5.74) is 5.48. The van der Waals surface area contributed by atoms with Gasteiger partial charge in [0.1, 0.15) is 6.33 Å². The van der Waals surface area contributed by atoms with Gasteiger partial charge in [-0.1, -0.05) is 42.5 Å². The summed E-state index contributed by atoms with van der Waals surface area (Å²) in [6.07, 6.45) is 3.60. The van der Waals surface area contributed by atoms with Crippen LogP contribution in [0.3, 0.4) is 0 Å². The van der Waals surface area contributed by atoms with Gasteiger partial charge in [-0.05, 0) is 47.5 Å². The van der Waals surface area contributed by atoms with Crippen molar-refractivity contribution in [1.82, 2.24) is 14.9 Å². The minimum atomic E-state index is -0.381. The smallest absolute Gasteiger partial charge is 0.258 e. The number of para-hydroxylation sites is 2. The van der Waals surface area contributed by atoms with Crippen LogP contribution in [0, 0.1) is 0 Å². The van der Waals surface area contributed by atoms with E-state index in [1.165, 1.54) is 0 Å². The fraction of sp³-hybridized carbons (Fsp3) is 0. The number of imidazole rings is 1. The second-order valence-electron chi connectivity index (χ2n) is 6.58. The normalized spacial score (nSPS) is 14.9. The number of carbonyl (C=O) groups excluding carboxylic acids is 2. The highest BCUT2D eigenvalue weighted by atomic mass is 16.2. The largest absolute Gasteiger partial charge is 0.299 e. The zero-order chi connectivity index (χ0) is 19.1. The minimum Gasteiger partial charge on any atom is -0.299 e. The van der Waals surface area contributed by atoms with Crippen molar-refractivity contribution in [2.75, 3.05) is 0 Å². The molecule has 0 spiro atoms. The molecule has 1 N–H and O–H groups in total. The molecule has 1 aliphatic rings. The summed E-state index contributed by atoms with van der Waals surface area (Å²) in [4.78, 5) is 28.8. The van der Waals surface area contributed by atoms with Crippen molar-refractivity contribution >= 4 is 34.5 Å². The highest BCUT2D eigenvalue weighted by molar-refractivity contribution is 6.33. The van der Waals surface area contributed by atoms with E-state index < -0.39 is 0 Å². The molecule has 4 aromatic rings. The first kappa shape index (κ1) is 16.2. The number of hydrogen-bond donors (Lipinski definition) is 1. The van der Waals surface area contributed by atoms with Crippen LogP contribution in [-0.2, 0) is 4.79 Å². The Morgan fingerprint density at radius 2 is 1.50 bits per heavy atom. The van der Waals surface area contributed by atoms with E-state index in [0.29, 0.717) is 16.7 Å². The van der Waals surface area contributed by atoms with Crippen molar-refractivity contribution in [1.29, 1.82) is 0 Å². The average molecular weight is 365 g/mol. The third-order valence-corrected chi connectivity index (χ3v) is 4.87. The van der Waals surface area contributed by atoms with Crippen LogP contribution in [0.1, 0.15) is 21.5 Å². The number of fused-ring (bicyclic) bond motifs is 2. The SMILES string of the molecule is O=C1NC(=O)c2ccccc2/C1=C/c1ccc(-n2cnc3ccccc32)cc1. The number of benzene rings is 3. The molecule has 5 heteroatoms. The van der Waals surface area contributed by atoms with Gasteiger partial charge in [0, 0.05) is 16.8 Å². The van der Waals surface area contributed by atoms with E-state index in [1.54, 1.807) is 30.6 Å². The van der Waals surface area contributed by atoms with Gasteiger partial charge >= 0.3 is 0 Å². The van der Waals surface area contributed by atoms with Gasteiger partial charge in [-0.25, -0.2) is 4.98 Å². The topological polar surface area (TPSA) is 64.0 Å². The van der Waals surface area contributed by atoms with Gasteiger partial charge in [-0.2, -0.15) is 0 Å². The molecule has 5 nitrogen and oxygen atoms in total. The van der Waals surface area contributed by atoms with E-state index in [4.69, 9.17) is 0 Å². The number of carbonyl (C=O) groups is 2. The van der Waals surface area contributed by atoms with Gasteiger partial charge in [0.25, 0.3) is 11.8 Å². The van der Waals surface area contributed by atoms with Gasteiger partial charge in [-0.3, -0.25) is 19.5 Å². The van der Waals surface area contributed by atoms with Crippen molar-refractivity contribution in [3.8, 4) is 5.69 Å². The number of hydrogen-bond acceptors (Lipinski definition) is 3. The summed E-state index contributed by atoms with van der Waals surface area (Å²) in [5, 5.41) is 2.40. The molecule has 0 saturated carbocycles. The third kappa shape index (κ3) is 2.61. The van der Waals surface area contributed by atoms with Crippen molar-refractivity contribution in [3.05, 3.63) is 95.8 Å². The molecule has 3 aromatic carbocycles. The van der Waals surface area contributed by atoms with E-state index in [-0.39, 0.29) is 11.8 Å². The Morgan fingerprint density at radius 3 is 2.32 bits per heavy atom. The summed E-state index contributed by atoms with van der Waals surface area (Å²) >= 11 is 0. The predicted octanol–water partition coefficient (Wildman–Crippen LogP) is 3.84. The zero-order valence-corrected chi connectivity index (χ0v) is 14.8. The Kier molecular flexibility index (Phi) is 3.66. The summed E-state index contributed by atoms with van der Waals surface area (Å²) in [6, 6.07) is 22.9. The van der Waals surface area contributed by atoms with Crippen LogP contribution in [0.5, 0.6) is 0 Å². The summed E-state index contributed by atoms with van der Waals surface area (Å²) in [6.45, 7) is 0. The Balaban J connectivity index is 1.54. The lowest BCUT2D eigenvalue weighted by Gasteiger charge is -2.18. The molecule has 0 radical (unpaired) electrons. The second-order valence-corrected chi connectivity index (χ2v) is 6.58. The third-order valence-electron chi connectivity index (χ3n) is 4.87. The molecule has 134 valence electrons. The fourth-order valence-corrected chi connectivity index (χ4v) is 3.48. The van der Waals surface area contributed by atoms with Gasteiger partial charge in [-0.15, -0.1) is 0 Å². The maximum absolute atomic E-state index is 12.4. The molecule has 2 heterocycles. The van der Waals surface area contributed by atoms with E-state index in [2.05, 4.69) is 10.3 Å². The van der Waals surface area contributed by atoms with E-state index in [9.17, 15) is 9.59 Å². The van der Waals surface area contributed by atoms with E-state index in [0.717, 1.165) is 22.3 Å². The zero-order valence-electron chi connectivity index (χ0n) is 14.8. The maximum atomic E-state index is 12.4. The van der Waals surface area contributed by atoms with Crippen LogP contribution < -0.4 is 5.32 Å². The fourth-order valence-electron chi connectivity index (χ4n) is 3.48. The molecule has 0 atom stereocenters. The van der Waals surface area contributed by atoms with Crippen LogP contribution in [-0.4, -0.2) is 21.4 Å². The van der Waals surface area contributed by atoms with Gasteiger partial charge < -0.3 is 0 Å². The number of amides is 2. The molecular weight excluding hydrogens is 350 g/mol. The second kappa shape index (κ2) is 6.32. The Hall–Kier alpha value is -3.99. The first-order valence-electron chi connectivity index (χ1n) is 8.90. The van der Waals surface area contributed by atoms with Gasteiger partial charge in [0.05, 0.1) is 11.0 Å². The molecule has 0 saturated heterocycles. The lowest BCUT2D eigenvalue weighted by atomic mass is 9.93. The van der Waals surface area contributed by atoms with Crippen molar-refractivity contribution in [2.45, 2.75) is 0 Å². The lowest BCUT2D eigenvalue weighted by Crippen LogP contribution is -2.36. The number of aromatic nitrogens is 2. The number of nitrogens with one attached hydrogen (secondary N) is 1. The maximum Gasteiger partial charge on any atom is 0.258 e. The summed E-state index contributed by atoms with van der Waals surface area (Å²) in [5.74, 6) is -0.742. The molecule has 2 amide bonds. The first-order valence-corrected chi connectivity index (χ1v) is 8.90. The van der Waals surface area contributed by atoms with E-state index >= 15 is 0 Å². The summed E-state index contributed by atoms with van der Waals surface area (Å²) in [7, 11) is 0. The Bertz CT molecular complexity index is 1270. The van der Waals surface area contributed by atoms with Crippen LogP contribution >= 0.6 is 0 Å². The molecule has 0 fully saturated rings. The quantitative estimate of drug-likeness (QED) is 0.434. The van der Waals surface area contributed by atoms with Crippen molar-refractivity contribution in [2.24, 2.45) is 0 Å². The standard InChI is InChI=1S/C23H15N3O2/c27-22-18-6-2-1-5-17(18)19(23(28)25-22)13-15-9-11-16(12-10-15)26-14-24-20-7-3-4-8-21(20)26/h1-14H,(H,25,27,28)/b19-13-. The van der Waals surface area contributed by atoms with Crippen LogP contribution in [0.4, 0.5) is 0 Å². The molecule has 5 rings (SSSR count). The highest BCUT2D eigenvalue weighted by Gasteiger charge is 2.26. The molecule has 28 heavy (non-hydrogen) atoms. The first-order chi connectivity index (χ1) is 13.7. The van der Waals surface area contributed by atoms with Gasteiger partial charge in [0.15, 0.2) is 0 Å². The van der Waals surface area contributed by atoms with Gasteiger partial charge in [0.2, 0.25) is 0 Å². The number of nitrogens with zero attached hydrogens (tertiary/aromatic N) is 2. The average Bonchev–Trinajstić information content (AvgIpc) is 3.16. The van der Waals surface area contributed by atoms with Crippen molar-refractivity contribution in [3.63, 3.8) is 0 Å². The van der Waals surface area contributed by atoms with Crippen LogP contribution in [0.2, 0.25) is 0 Å². The van der Waals surface area contributed by atoms with Crippen molar-refractivity contribution < 1.29 is 9.59 Å². The molecule has 0 aliphatic carbocycles. The molecule has 1 aliphatic heterocycles.